The molecule has 4 aromatic rings. The molecule has 324 valence electrons. The molecule has 2 saturated heterocycles. The lowest BCUT2D eigenvalue weighted by Crippen LogP contribution is -2.61. The Bertz CT molecular complexity index is 2210. The molecule has 0 bridgehead atoms. The van der Waals surface area contributed by atoms with Crippen molar-refractivity contribution < 1.29 is 38.3 Å². The van der Waals surface area contributed by atoms with E-state index in [0.29, 0.717) is 16.7 Å². The molecule has 2 heterocycles. The molecule has 0 spiro atoms. The van der Waals surface area contributed by atoms with E-state index in [2.05, 4.69) is 31.9 Å². The van der Waals surface area contributed by atoms with E-state index in [1.54, 1.807) is 118 Å². The van der Waals surface area contributed by atoms with Gasteiger partial charge in [-0.05, 0) is 43.0 Å². The molecule has 0 aliphatic carbocycles. The number of carbonyl (C=O) groups excluding carboxylic acids is 7. The molecular formula is C47H53N7O8. The van der Waals surface area contributed by atoms with Crippen LogP contribution in [0.5, 0.6) is 0 Å². The summed E-state index contributed by atoms with van der Waals surface area (Å²) in [6, 6.07) is 29.9. The van der Waals surface area contributed by atoms with Crippen LogP contribution in [-0.2, 0) is 64.0 Å². The van der Waals surface area contributed by atoms with Crippen LogP contribution in [0.25, 0.3) is 0 Å². The summed E-state index contributed by atoms with van der Waals surface area (Å²) in [4.78, 5) is 99.8. The number of hydrogen-bond donors (Lipinski definition) is 6. The quantitative estimate of drug-likeness (QED) is 0.153. The van der Waals surface area contributed by atoms with E-state index in [1.165, 1.54) is 4.90 Å². The fourth-order valence-electron chi connectivity index (χ4n) is 7.85. The van der Waals surface area contributed by atoms with Gasteiger partial charge in [0.15, 0.2) is 0 Å². The van der Waals surface area contributed by atoms with Gasteiger partial charge in [-0.25, -0.2) is 0 Å². The maximum absolute atomic E-state index is 14.4. The van der Waals surface area contributed by atoms with Crippen molar-refractivity contribution in [2.24, 2.45) is 0 Å². The van der Waals surface area contributed by atoms with Crippen molar-refractivity contribution in [1.29, 1.82) is 0 Å². The SMILES string of the molecule is C[C@H]1OC(C)(C)N2C(=O)CNC(=O)[C@H](Cc3ccccc3)NC(=O)[C@H](Cc3ccccc3)NC(=O)CNC(=O)[C@H](Cc3ccccc3)NC(=O)[C@H](Cc3ccccc3)NC(=O)[C@H]12. The molecule has 6 atom stereocenters. The van der Waals surface area contributed by atoms with Crippen LogP contribution >= 0.6 is 0 Å². The Balaban J connectivity index is 1.36. The summed E-state index contributed by atoms with van der Waals surface area (Å²) in [5, 5.41) is 16.4. The van der Waals surface area contributed by atoms with Gasteiger partial charge in [0, 0.05) is 25.7 Å². The van der Waals surface area contributed by atoms with Crippen LogP contribution in [-0.4, -0.2) is 101 Å². The second kappa shape index (κ2) is 20.6. The van der Waals surface area contributed by atoms with Crippen LogP contribution in [0.1, 0.15) is 43.0 Å². The maximum Gasteiger partial charge on any atom is 0.246 e. The summed E-state index contributed by atoms with van der Waals surface area (Å²) in [6.07, 6.45) is -0.673. The highest BCUT2D eigenvalue weighted by Gasteiger charge is 2.51. The third-order valence-corrected chi connectivity index (χ3v) is 10.8. The lowest BCUT2D eigenvalue weighted by Gasteiger charge is -2.34. The Hall–Kier alpha value is -6.87. The average molecular weight is 844 g/mol. The smallest absolute Gasteiger partial charge is 0.246 e. The highest BCUT2D eigenvalue weighted by atomic mass is 16.5. The van der Waals surface area contributed by atoms with Crippen LogP contribution in [0.4, 0.5) is 0 Å². The van der Waals surface area contributed by atoms with E-state index in [-0.39, 0.29) is 25.7 Å². The number of hydrogen-bond acceptors (Lipinski definition) is 8. The fourth-order valence-corrected chi connectivity index (χ4v) is 7.85. The van der Waals surface area contributed by atoms with Crippen molar-refractivity contribution in [3.63, 3.8) is 0 Å². The number of rotatable bonds is 8. The van der Waals surface area contributed by atoms with E-state index in [9.17, 15) is 33.6 Å². The minimum absolute atomic E-state index is 0.0302. The zero-order valence-corrected chi connectivity index (χ0v) is 35.0. The number of nitrogens with one attached hydrogen (secondary N) is 6. The molecule has 15 nitrogen and oxygen atoms in total. The summed E-state index contributed by atoms with van der Waals surface area (Å²) in [5.41, 5.74) is 1.55. The molecule has 0 unspecified atom stereocenters. The van der Waals surface area contributed by atoms with E-state index in [1.807, 2.05) is 24.3 Å². The Kier molecular flexibility index (Phi) is 14.8. The topological polar surface area (TPSA) is 204 Å². The van der Waals surface area contributed by atoms with Crippen LogP contribution in [0.15, 0.2) is 121 Å². The normalized spacial score (nSPS) is 24.2. The molecular weight excluding hydrogens is 791 g/mol. The molecule has 62 heavy (non-hydrogen) atoms. The van der Waals surface area contributed by atoms with Crippen molar-refractivity contribution in [3.05, 3.63) is 144 Å². The third kappa shape index (κ3) is 11.9. The van der Waals surface area contributed by atoms with Crippen molar-refractivity contribution in [2.75, 3.05) is 13.1 Å². The van der Waals surface area contributed by atoms with Gasteiger partial charge < -0.3 is 36.6 Å². The van der Waals surface area contributed by atoms with Crippen molar-refractivity contribution >= 4 is 41.4 Å². The molecule has 2 aliphatic rings. The molecule has 6 rings (SSSR count). The summed E-state index contributed by atoms with van der Waals surface area (Å²) in [7, 11) is 0. The number of fused-ring (bicyclic) bond motifs is 1. The minimum atomic E-state index is -1.31. The zero-order chi connectivity index (χ0) is 44.2. The van der Waals surface area contributed by atoms with Gasteiger partial charge in [-0.3, -0.25) is 38.5 Å². The van der Waals surface area contributed by atoms with Gasteiger partial charge >= 0.3 is 0 Å². The van der Waals surface area contributed by atoms with Gasteiger partial charge in [-0.1, -0.05) is 121 Å². The van der Waals surface area contributed by atoms with Crippen LogP contribution < -0.4 is 31.9 Å². The molecule has 2 aliphatic heterocycles. The van der Waals surface area contributed by atoms with E-state index < -0.39 is 96.5 Å². The summed E-state index contributed by atoms with van der Waals surface area (Å²) in [6.45, 7) is 3.77. The third-order valence-electron chi connectivity index (χ3n) is 10.8. The molecule has 6 N–H and O–H groups in total. The highest BCUT2D eigenvalue weighted by Crippen LogP contribution is 2.32. The highest BCUT2D eigenvalue weighted by molar-refractivity contribution is 5.98. The molecule has 0 radical (unpaired) electrons. The molecule has 4 aromatic carbocycles. The largest absolute Gasteiger partial charge is 0.350 e. The van der Waals surface area contributed by atoms with E-state index >= 15 is 0 Å². The lowest BCUT2D eigenvalue weighted by molar-refractivity contribution is -0.150. The van der Waals surface area contributed by atoms with Gasteiger partial charge in [-0.2, -0.15) is 0 Å². The fraction of sp³-hybridized carbons (Fsp3) is 0.340. The first-order chi connectivity index (χ1) is 29.8. The summed E-state index contributed by atoms with van der Waals surface area (Å²) >= 11 is 0. The first kappa shape index (κ1) is 44.7. The van der Waals surface area contributed by atoms with Crippen molar-refractivity contribution in [2.45, 2.75) is 88.5 Å². The molecule has 2 fully saturated rings. The molecule has 0 saturated carbocycles. The van der Waals surface area contributed by atoms with Gasteiger partial charge in [-0.15, -0.1) is 0 Å². The van der Waals surface area contributed by atoms with Crippen LogP contribution in [0.3, 0.4) is 0 Å². The first-order valence-electron chi connectivity index (χ1n) is 20.7. The average Bonchev–Trinajstić information content (AvgIpc) is 3.52. The summed E-state index contributed by atoms with van der Waals surface area (Å²) in [5.74, 6) is -4.78. The predicted octanol–water partition coefficient (Wildman–Crippen LogP) is 1.49. The second-order valence-electron chi connectivity index (χ2n) is 16.0. The van der Waals surface area contributed by atoms with E-state index in [0.717, 1.165) is 5.56 Å². The zero-order valence-electron chi connectivity index (χ0n) is 35.0. The Morgan fingerprint density at radius 2 is 0.823 bits per heavy atom. The Morgan fingerprint density at radius 1 is 0.484 bits per heavy atom. The van der Waals surface area contributed by atoms with Crippen LogP contribution in [0.2, 0.25) is 0 Å². The van der Waals surface area contributed by atoms with Crippen molar-refractivity contribution in [1.82, 2.24) is 36.8 Å². The van der Waals surface area contributed by atoms with Crippen molar-refractivity contribution in [3.8, 4) is 0 Å². The monoisotopic (exact) mass is 843 g/mol. The number of ether oxygens (including phenoxy) is 1. The summed E-state index contributed by atoms with van der Waals surface area (Å²) < 4.78 is 6.13. The van der Waals surface area contributed by atoms with Crippen LogP contribution in [0, 0.1) is 0 Å². The molecule has 0 aromatic heterocycles. The molecule has 7 amide bonds. The Labute approximate surface area is 360 Å². The maximum atomic E-state index is 14.4. The number of benzene rings is 4. The molecule has 15 heteroatoms. The van der Waals surface area contributed by atoms with Gasteiger partial charge in [0.2, 0.25) is 41.4 Å². The first-order valence-corrected chi connectivity index (χ1v) is 20.7. The predicted molar refractivity (Wildman–Crippen MR) is 230 cm³/mol. The number of carbonyl (C=O) groups is 7. The lowest BCUT2D eigenvalue weighted by atomic mass is 10.0. The number of amides is 7. The Morgan fingerprint density at radius 3 is 1.23 bits per heavy atom. The van der Waals surface area contributed by atoms with Gasteiger partial charge in [0.1, 0.15) is 35.9 Å². The van der Waals surface area contributed by atoms with Gasteiger partial charge in [0.25, 0.3) is 0 Å². The minimum Gasteiger partial charge on any atom is -0.350 e. The second-order valence-corrected chi connectivity index (χ2v) is 16.0. The van der Waals surface area contributed by atoms with Gasteiger partial charge in [0.05, 0.1) is 19.2 Å². The standard InChI is InChI=1S/C47H53N7O8/c1-30-41-46(61)53-38(27-34-22-14-7-15-23-34)45(60)52-35(24-31-16-8-4-9-17-31)42(57)48-28-39(55)50-37(26-33-20-12-6-13-21-33)44(59)51-36(25-32-18-10-5-11-19-32)43(58)49-29-40(56)54(41)47(2,3)62-30/h4-23,30,35-38,41H,24-29H2,1-3H3,(H,48,57)(H,49,58)(H,50,55)(H,51,59)(H,52,60)(H,53,61)/t30-,35+,36+,37+,38+,41+/m1/s1. The van der Waals surface area contributed by atoms with E-state index in [4.69, 9.17) is 4.74 Å². The number of nitrogens with zero attached hydrogens (tertiary/aromatic N) is 1.